The lowest BCUT2D eigenvalue weighted by atomic mass is 9.96. The quantitative estimate of drug-likeness (QED) is 0.319. The molecule has 4 heterocycles. The Morgan fingerprint density at radius 1 is 0.955 bits per heavy atom. The average molecular weight is 642 g/mol. The van der Waals surface area contributed by atoms with Gasteiger partial charge in [-0.05, 0) is 61.7 Å². The Labute approximate surface area is 267 Å². The Morgan fingerprint density at radius 2 is 1.64 bits per heavy atom. The highest BCUT2D eigenvalue weighted by Crippen LogP contribution is 2.31. The van der Waals surface area contributed by atoms with Gasteiger partial charge in [0.25, 0.3) is 0 Å². The van der Waals surface area contributed by atoms with Gasteiger partial charge in [0.05, 0.1) is 18.1 Å². The lowest BCUT2D eigenvalue weighted by Crippen LogP contribution is -2.47. The zero-order valence-electron chi connectivity index (χ0n) is 24.8. The fraction of sp³-hybridized carbons (Fsp3) is 0.452. The number of rotatable bonds is 11. The van der Waals surface area contributed by atoms with Crippen LogP contribution in [0.25, 0.3) is 11.3 Å². The first-order valence-corrected chi connectivity index (χ1v) is 15.7. The van der Waals surface area contributed by atoms with Crippen LogP contribution in [0.3, 0.4) is 0 Å². The van der Waals surface area contributed by atoms with E-state index in [4.69, 9.17) is 38.7 Å². The fourth-order valence-electron chi connectivity index (χ4n) is 5.53. The van der Waals surface area contributed by atoms with Gasteiger partial charge in [0.2, 0.25) is 23.6 Å². The number of anilines is 1. The summed E-state index contributed by atoms with van der Waals surface area (Å²) >= 11 is 12.6. The molecule has 0 unspecified atom stereocenters. The van der Waals surface area contributed by atoms with Crippen LogP contribution in [0, 0.1) is 5.92 Å². The van der Waals surface area contributed by atoms with Gasteiger partial charge in [-0.3, -0.25) is 19.4 Å². The summed E-state index contributed by atoms with van der Waals surface area (Å²) in [5.41, 5.74) is 7.83. The van der Waals surface area contributed by atoms with E-state index in [2.05, 4.69) is 30.0 Å². The predicted molar refractivity (Wildman–Crippen MR) is 171 cm³/mol. The first kappa shape index (κ1) is 31.9. The van der Waals surface area contributed by atoms with Crippen LogP contribution >= 0.6 is 23.2 Å². The molecule has 2 amide bonds. The second-order valence-corrected chi connectivity index (χ2v) is 12.3. The van der Waals surface area contributed by atoms with Crippen molar-refractivity contribution in [2.24, 2.45) is 11.7 Å². The molecule has 3 aromatic rings. The summed E-state index contributed by atoms with van der Waals surface area (Å²) in [6.45, 7) is 8.72. The largest absolute Gasteiger partial charge is 0.436 e. The van der Waals surface area contributed by atoms with Crippen LogP contribution in [0.15, 0.2) is 42.7 Å². The maximum absolute atomic E-state index is 11.3. The number of halogens is 2. The number of likely N-dealkylation sites (tertiary alicyclic amines) is 1. The molecule has 2 aromatic heterocycles. The van der Waals surface area contributed by atoms with Crippen molar-refractivity contribution in [2.75, 3.05) is 57.3 Å². The number of amides is 2. The molecule has 0 bridgehead atoms. The van der Waals surface area contributed by atoms with E-state index in [1.165, 1.54) is 0 Å². The van der Waals surface area contributed by atoms with E-state index in [-0.39, 0.29) is 11.8 Å². The Bertz CT molecular complexity index is 1420. The summed E-state index contributed by atoms with van der Waals surface area (Å²) in [5.74, 6) is 1.76. The number of hydrogen-bond donors (Lipinski definition) is 2. The minimum Gasteiger partial charge on any atom is -0.436 e. The van der Waals surface area contributed by atoms with Crippen molar-refractivity contribution in [2.45, 2.75) is 32.7 Å². The van der Waals surface area contributed by atoms with Gasteiger partial charge in [0.15, 0.2) is 5.75 Å². The van der Waals surface area contributed by atoms with Gasteiger partial charge in [-0.25, -0.2) is 15.0 Å². The summed E-state index contributed by atoms with van der Waals surface area (Å²) in [7, 11) is 0. The number of aromatic nitrogens is 3. The minimum absolute atomic E-state index is 0.0157. The number of nitrogens with one attached hydrogen (secondary N) is 1. The number of benzene rings is 1. The third-order valence-corrected chi connectivity index (χ3v) is 8.38. The first-order chi connectivity index (χ1) is 21.2. The monoisotopic (exact) mass is 640 g/mol. The zero-order valence-corrected chi connectivity index (χ0v) is 26.4. The molecule has 0 aliphatic carbocycles. The molecule has 2 saturated heterocycles. The summed E-state index contributed by atoms with van der Waals surface area (Å²) in [6.07, 6.45) is 5.73. The van der Waals surface area contributed by atoms with E-state index in [0.29, 0.717) is 52.2 Å². The van der Waals surface area contributed by atoms with E-state index in [1.807, 2.05) is 24.3 Å². The fourth-order valence-corrected chi connectivity index (χ4v) is 6.06. The van der Waals surface area contributed by atoms with Crippen molar-refractivity contribution in [1.82, 2.24) is 30.1 Å². The topological polar surface area (TPSA) is 130 Å². The van der Waals surface area contributed by atoms with Crippen molar-refractivity contribution in [3.05, 3.63) is 58.3 Å². The number of piperidine rings is 1. The van der Waals surface area contributed by atoms with Crippen molar-refractivity contribution in [3.8, 4) is 22.9 Å². The molecular formula is C31H38Cl2N8O3. The van der Waals surface area contributed by atoms with Gasteiger partial charge in [-0.15, -0.1) is 0 Å². The maximum Gasteiger partial charge on any atom is 0.225 e. The molecule has 0 saturated carbocycles. The highest BCUT2D eigenvalue weighted by atomic mass is 35.5. The van der Waals surface area contributed by atoms with Crippen LogP contribution < -0.4 is 20.7 Å². The molecule has 3 N–H and O–H groups in total. The smallest absolute Gasteiger partial charge is 0.225 e. The van der Waals surface area contributed by atoms with Gasteiger partial charge in [-0.1, -0.05) is 23.2 Å². The van der Waals surface area contributed by atoms with Gasteiger partial charge in [-0.2, -0.15) is 0 Å². The van der Waals surface area contributed by atoms with Gasteiger partial charge in [0.1, 0.15) is 0 Å². The van der Waals surface area contributed by atoms with Crippen LogP contribution in [0.1, 0.15) is 31.7 Å². The number of ether oxygens (including phenoxy) is 1. The van der Waals surface area contributed by atoms with Crippen LogP contribution in [0.4, 0.5) is 5.95 Å². The SMILES string of the molecule is CC(=O)NCC1CCN(Cc2cc(Oc3cnc(N4CCN(CCC(N)=O)CC4)nc3)nc(-c3cc(Cl)cc(Cl)c3)c2)CC1. The minimum atomic E-state index is -0.283. The zero-order chi connectivity index (χ0) is 31.1. The number of nitrogens with zero attached hydrogens (tertiary/aromatic N) is 6. The number of hydrogen-bond acceptors (Lipinski definition) is 9. The molecule has 1 aromatic carbocycles. The summed E-state index contributed by atoms with van der Waals surface area (Å²) in [6, 6.07) is 9.35. The van der Waals surface area contributed by atoms with E-state index in [9.17, 15) is 9.59 Å². The van der Waals surface area contributed by atoms with Gasteiger partial charge >= 0.3 is 0 Å². The molecule has 0 radical (unpaired) electrons. The summed E-state index contributed by atoms with van der Waals surface area (Å²) < 4.78 is 6.18. The molecule has 44 heavy (non-hydrogen) atoms. The van der Waals surface area contributed by atoms with Crippen molar-refractivity contribution in [1.29, 1.82) is 0 Å². The third-order valence-electron chi connectivity index (χ3n) is 7.94. The van der Waals surface area contributed by atoms with Crippen molar-refractivity contribution < 1.29 is 14.3 Å². The molecule has 234 valence electrons. The second-order valence-electron chi connectivity index (χ2n) is 11.4. The van der Waals surface area contributed by atoms with Crippen molar-refractivity contribution in [3.63, 3.8) is 0 Å². The molecule has 5 rings (SSSR count). The molecule has 11 nitrogen and oxygen atoms in total. The Hall–Kier alpha value is -3.51. The lowest BCUT2D eigenvalue weighted by molar-refractivity contribution is -0.119. The number of nitrogens with two attached hydrogens (primary N) is 1. The first-order valence-electron chi connectivity index (χ1n) is 14.9. The van der Waals surface area contributed by atoms with Gasteiger partial charge in [0, 0.05) is 80.8 Å². The van der Waals surface area contributed by atoms with E-state index in [0.717, 1.165) is 76.3 Å². The average Bonchev–Trinajstić information content (AvgIpc) is 3.00. The van der Waals surface area contributed by atoms with Crippen LogP contribution in [0.5, 0.6) is 11.6 Å². The maximum atomic E-state index is 11.3. The Balaban J connectivity index is 1.27. The molecule has 0 spiro atoms. The normalized spacial score (nSPS) is 16.6. The standard InChI is InChI=1S/C31H38Cl2N8O3/c1-21(42)35-17-22-2-5-40(6-3-22)20-23-12-28(24-14-25(32)16-26(33)15-24)38-30(13-23)44-27-18-36-31(37-19-27)41-10-8-39(9-11-41)7-4-29(34)43/h12-16,18-19,22H,2-11,17,20H2,1H3,(H2,34,43)(H,35,42). The Morgan fingerprint density at radius 3 is 2.27 bits per heavy atom. The van der Waals surface area contributed by atoms with Crippen LogP contribution in [-0.2, 0) is 16.1 Å². The number of carbonyl (C=O) groups is 2. The summed E-state index contributed by atoms with van der Waals surface area (Å²) in [5, 5.41) is 4.00. The molecule has 0 atom stereocenters. The molecule has 2 aliphatic rings. The van der Waals surface area contributed by atoms with E-state index in [1.54, 1.807) is 25.4 Å². The number of primary amides is 1. The molecular weight excluding hydrogens is 603 g/mol. The molecule has 13 heteroatoms. The third kappa shape index (κ3) is 9.25. The van der Waals surface area contributed by atoms with E-state index < -0.39 is 0 Å². The Kier molecular flexibility index (Phi) is 10.9. The van der Waals surface area contributed by atoms with Crippen molar-refractivity contribution >= 4 is 41.0 Å². The van der Waals surface area contributed by atoms with Crippen LogP contribution in [0.2, 0.25) is 10.0 Å². The lowest BCUT2D eigenvalue weighted by Gasteiger charge is -2.34. The van der Waals surface area contributed by atoms with Crippen LogP contribution in [-0.4, -0.2) is 88.9 Å². The number of carbonyl (C=O) groups excluding carboxylic acids is 2. The molecule has 2 aliphatic heterocycles. The predicted octanol–water partition coefficient (Wildman–Crippen LogP) is 3.98. The van der Waals surface area contributed by atoms with Gasteiger partial charge < -0.3 is 20.7 Å². The second kappa shape index (κ2) is 15.0. The highest BCUT2D eigenvalue weighted by molar-refractivity contribution is 6.35. The summed E-state index contributed by atoms with van der Waals surface area (Å²) in [4.78, 5) is 43.0. The highest BCUT2D eigenvalue weighted by Gasteiger charge is 2.21. The van der Waals surface area contributed by atoms with E-state index >= 15 is 0 Å². The number of piperazine rings is 1. The molecule has 2 fully saturated rings. The number of pyridine rings is 1.